The lowest BCUT2D eigenvalue weighted by Gasteiger charge is -2.26. The van der Waals surface area contributed by atoms with Crippen LogP contribution in [0, 0.1) is 5.92 Å². The quantitative estimate of drug-likeness (QED) is 0.683. The molecule has 8 nitrogen and oxygen atoms in total. The molecule has 2 saturated heterocycles. The maximum absolute atomic E-state index is 12.9. The first-order chi connectivity index (χ1) is 15.4. The number of carbonyl (C=O) groups excluding carboxylic acids is 2. The van der Waals surface area contributed by atoms with Gasteiger partial charge >= 0.3 is 0 Å². The Kier molecular flexibility index (Phi) is 6.88. The highest BCUT2D eigenvalue weighted by Crippen LogP contribution is 2.23. The van der Waals surface area contributed by atoms with Crippen molar-refractivity contribution in [1.82, 2.24) is 9.21 Å². The molecule has 32 heavy (non-hydrogen) atoms. The van der Waals surface area contributed by atoms with E-state index in [0.29, 0.717) is 45.1 Å². The van der Waals surface area contributed by atoms with E-state index in [4.69, 9.17) is 4.74 Å². The molecule has 9 heteroatoms. The number of hydrogen-bond donors (Lipinski definition) is 1. The molecule has 0 aromatic heterocycles. The molecule has 0 radical (unpaired) electrons. The standard InChI is InChI=1S/C23H27N3O5S/c27-22-15-19(17-25(22)10-9-18-5-2-1-3-6-18)23(28)24-20-7-4-8-21(16-20)32(29,30)26-11-13-31-14-12-26/h1-8,16,19H,9-15,17H2,(H,24,28). The average Bonchev–Trinajstić information content (AvgIpc) is 3.20. The number of ether oxygens (including phenoxy) is 1. The maximum atomic E-state index is 12.9. The molecule has 0 aliphatic carbocycles. The van der Waals surface area contributed by atoms with Crippen molar-refractivity contribution in [3.05, 3.63) is 60.2 Å². The highest BCUT2D eigenvalue weighted by Gasteiger charge is 2.34. The van der Waals surface area contributed by atoms with Crippen LogP contribution in [-0.2, 0) is 30.8 Å². The van der Waals surface area contributed by atoms with Crippen molar-refractivity contribution in [2.45, 2.75) is 17.7 Å². The van der Waals surface area contributed by atoms with Gasteiger partial charge in [-0.1, -0.05) is 36.4 Å². The fraction of sp³-hybridized carbons (Fsp3) is 0.391. The Bertz CT molecular complexity index is 1070. The van der Waals surface area contributed by atoms with Gasteiger partial charge in [0.05, 0.1) is 24.0 Å². The van der Waals surface area contributed by atoms with Gasteiger partial charge in [0, 0.05) is 38.3 Å². The summed E-state index contributed by atoms with van der Waals surface area (Å²) in [6.45, 7) is 2.28. The molecule has 2 fully saturated rings. The molecule has 0 saturated carbocycles. The number of amides is 2. The van der Waals surface area contributed by atoms with Crippen molar-refractivity contribution in [3.8, 4) is 0 Å². The van der Waals surface area contributed by atoms with Gasteiger partial charge in [-0.25, -0.2) is 8.42 Å². The van der Waals surface area contributed by atoms with Crippen LogP contribution in [0.25, 0.3) is 0 Å². The van der Waals surface area contributed by atoms with Crippen LogP contribution in [0.2, 0.25) is 0 Å². The van der Waals surface area contributed by atoms with Crippen LogP contribution >= 0.6 is 0 Å². The highest BCUT2D eigenvalue weighted by molar-refractivity contribution is 7.89. The van der Waals surface area contributed by atoms with Crippen LogP contribution < -0.4 is 5.32 Å². The summed E-state index contributed by atoms with van der Waals surface area (Å²) in [5.41, 5.74) is 1.55. The molecular weight excluding hydrogens is 430 g/mol. The van der Waals surface area contributed by atoms with Crippen LogP contribution in [0.5, 0.6) is 0 Å². The van der Waals surface area contributed by atoms with Crippen LogP contribution in [0.15, 0.2) is 59.5 Å². The van der Waals surface area contributed by atoms with Gasteiger partial charge in [0.25, 0.3) is 0 Å². The maximum Gasteiger partial charge on any atom is 0.243 e. The topological polar surface area (TPSA) is 96.0 Å². The smallest absolute Gasteiger partial charge is 0.243 e. The number of nitrogens with one attached hydrogen (secondary N) is 1. The second kappa shape index (κ2) is 9.81. The lowest BCUT2D eigenvalue weighted by Crippen LogP contribution is -2.40. The number of morpholine rings is 1. The Balaban J connectivity index is 1.37. The van der Waals surface area contributed by atoms with E-state index in [-0.39, 0.29) is 23.1 Å². The Labute approximate surface area is 188 Å². The number of nitrogens with zero attached hydrogens (tertiary/aromatic N) is 2. The van der Waals surface area contributed by atoms with Gasteiger partial charge in [0.1, 0.15) is 0 Å². The largest absolute Gasteiger partial charge is 0.379 e. The van der Waals surface area contributed by atoms with Crippen molar-refractivity contribution in [2.75, 3.05) is 44.7 Å². The Morgan fingerprint density at radius 3 is 2.56 bits per heavy atom. The first-order valence-corrected chi connectivity index (χ1v) is 12.2. The summed E-state index contributed by atoms with van der Waals surface area (Å²) in [7, 11) is -3.65. The second-order valence-electron chi connectivity index (χ2n) is 8.01. The minimum absolute atomic E-state index is 0.0373. The second-order valence-corrected chi connectivity index (χ2v) is 9.95. The van der Waals surface area contributed by atoms with Crippen molar-refractivity contribution >= 4 is 27.5 Å². The molecule has 2 aliphatic heterocycles. The zero-order valence-electron chi connectivity index (χ0n) is 17.8. The molecule has 2 aromatic carbocycles. The van der Waals surface area contributed by atoms with Gasteiger partial charge in [0.15, 0.2) is 0 Å². The third-order valence-corrected chi connectivity index (χ3v) is 7.70. The van der Waals surface area contributed by atoms with E-state index in [0.717, 1.165) is 12.0 Å². The van der Waals surface area contributed by atoms with Gasteiger partial charge in [-0.15, -0.1) is 0 Å². The van der Waals surface area contributed by atoms with E-state index in [1.54, 1.807) is 17.0 Å². The summed E-state index contributed by atoms with van der Waals surface area (Å²) >= 11 is 0. The Morgan fingerprint density at radius 2 is 1.81 bits per heavy atom. The number of anilines is 1. The summed E-state index contributed by atoms with van der Waals surface area (Å²) in [5, 5.41) is 2.79. The SMILES string of the molecule is O=C(Nc1cccc(S(=O)(=O)N2CCOCC2)c1)C1CC(=O)N(CCc2ccccc2)C1. The number of likely N-dealkylation sites (tertiary alicyclic amines) is 1. The summed E-state index contributed by atoms with van der Waals surface area (Å²) in [6.07, 6.45) is 0.898. The minimum atomic E-state index is -3.65. The van der Waals surface area contributed by atoms with Gasteiger partial charge < -0.3 is 15.0 Å². The van der Waals surface area contributed by atoms with Crippen LogP contribution in [0.3, 0.4) is 0 Å². The first kappa shape index (κ1) is 22.4. The molecule has 2 heterocycles. The van der Waals surface area contributed by atoms with Gasteiger partial charge in [-0.3, -0.25) is 9.59 Å². The molecular formula is C23H27N3O5S. The molecule has 1 atom stereocenters. The van der Waals surface area contributed by atoms with Crippen LogP contribution in [-0.4, -0.2) is 68.8 Å². The number of benzene rings is 2. The number of sulfonamides is 1. The summed E-state index contributed by atoms with van der Waals surface area (Å²) in [4.78, 5) is 27.0. The van der Waals surface area contributed by atoms with E-state index in [9.17, 15) is 18.0 Å². The molecule has 2 amide bonds. The van der Waals surface area contributed by atoms with Gasteiger partial charge in [-0.2, -0.15) is 4.31 Å². The van der Waals surface area contributed by atoms with E-state index in [2.05, 4.69) is 5.32 Å². The van der Waals surface area contributed by atoms with Crippen molar-refractivity contribution in [1.29, 1.82) is 0 Å². The third kappa shape index (κ3) is 5.17. The fourth-order valence-electron chi connectivity index (χ4n) is 3.99. The molecule has 170 valence electrons. The summed E-state index contributed by atoms with van der Waals surface area (Å²) in [6, 6.07) is 16.2. The van der Waals surface area contributed by atoms with E-state index in [1.165, 1.54) is 16.4 Å². The molecule has 0 spiro atoms. The molecule has 1 N–H and O–H groups in total. The lowest BCUT2D eigenvalue weighted by molar-refractivity contribution is -0.128. The van der Waals surface area contributed by atoms with Crippen molar-refractivity contribution in [2.24, 2.45) is 5.92 Å². The fourth-order valence-corrected chi connectivity index (χ4v) is 5.44. The van der Waals surface area contributed by atoms with Gasteiger partial charge in [0.2, 0.25) is 21.8 Å². The van der Waals surface area contributed by atoms with E-state index < -0.39 is 15.9 Å². The van der Waals surface area contributed by atoms with Crippen molar-refractivity contribution < 1.29 is 22.7 Å². The highest BCUT2D eigenvalue weighted by atomic mass is 32.2. The summed E-state index contributed by atoms with van der Waals surface area (Å²) in [5.74, 6) is -0.774. The predicted molar refractivity (Wildman–Crippen MR) is 119 cm³/mol. The summed E-state index contributed by atoms with van der Waals surface area (Å²) < 4.78 is 32.3. The first-order valence-electron chi connectivity index (χ1n) is 10.7. The third-order valence-electron chi connectivity index (χ3n) is 5.81. The Hall–Kier alpha value is -2.75. The molecule has 4 rings (SSSR count). The molecule has 2 aromatic rings. The van der Waals surface area contributed by atoms with Crippen molar-refractivity contribution in [3.63, 3.8) is 0 Å². The lowest BCUT2D eigenvalue weighted by atomic mass is 10.1. The van der Waals surface area contributed by atoms with Crippen LogP contribution in [0.4, 0.5) is 5.69 Å². The average molecular weight is 458 g/mol. The normalized spacial score (nSPS) is 19.8. The van der Waals surface area contributed by atoms with Gasteiger partial charge in [-0.05, 0) is 30.2 Å². The minimum Gasteiger partial charge on any atom is -0.379 e. The number of hydrogen-bond acceptors (Lipinski definition) is 5. The molecule has 1 unspecified atom stereocenters. The van der Waals surface area contributed by atoms with Crippen LogP contribution in [0.1, 0.15) is 12.0 Å². The predicted octanol–water partition coefficient (Wildman–Crippen LogP) is 1.74. The zero-order valence-corrected chi connectivity index (χ0v) is 18.6. The number of rotatable bonds is 7. The molecule has 0 bridgehead atoms. The molecule has 2 aliphatic rings. The van der Waals surface area contributed by atoms with E-state index >= 15 is 0 Å². The number of carbonyl (C=O) groups is 2. The zero-order chi connectivity index (χ0) is 22.6. The monoisotopic (exact) mass is 457 g/mol. The Morgan fingerprint density at radius 1 is 1.06 bits per heavy atom. The van der Waals surface area contributed by atoms with E-state index in [1.807, 2.05) is 30.3 Å².